The second-order valence-electron chi connectivity index (χ2n) is 3.53. The van der Waals surface area contributed by atoms with Crippen molar-refractivity contribution in [1.29, 1.82) is 0 Å². The van der Waals surface area contributed by atoms with Gasteiger partial charge in [-0.2, -0.15) is 0 Å². The third-order valence-electron chi connectivity index (χ3n) is 2.35. The maximum atomic E-state index is 5.60. The maximum Gasteiger partial charge on any atom is 0.497 e. The summed E-state index contributed by atoms with van der Waals surface area (Å²) in [5.74, 6) is 0. The summed E-state index contributed by atoms with van der Waals surface area (Å²) in [6, 6.07) is 0. The van der Waals surface area contributed by atoms with Crippen LogP contribution in [0.25, 0.3) is 0 Å². The third kappa shape index (κ3) is 9.01. The van der Waals surface area contributed by atoms with Crippen molar-refractivity contribution in [1.82, 2.24) is 0 Å². The van der Waals surface area contributed by atoms with Crippen LogP contribution in [0.4, 0.5) is 0 Å². The molecule has 0 spiro atoms. The first-order valence-electron chi connectivity index (χ1n) is 5.42. The molecule has 15 heavy (non-hydrogen) atoms. The normalized spacial score (nSPS) is 11.2. The molecular weight excluding hydrogens is 212 g/mol. The Bertz CT molecular complexity index is 129. The van der Waals surface area contributed by atoms with Crippen molar-refractivity contribution in [2.45, 2.75) is 45.6 Å². The quantitative estimate of drug-likeness (QED) is 0.456. The van der Waals surface area contributed by atoms with Crippen LogP contribution in [0.2, 0.25) is 6.55 Å². The molecule has 0 saturated heterocycles. The first kappa shape index (κ1) is 17.5. The Morgan fingerprint density at radius 2 is 1.47 bits per heavy atom. The summed E-state index contributed by atoms with van der Waals surface area (Å²) in [4.78, 5) is 0. The first-order valence-corrected chi connectivity index (χ1v) is 7.65. The molecule has 94 valence electrons. The summed E-state index contributed by atoms with van der Waals surface area (Å²) < 4.78 is 16.0. The molecule has 0 aliphatic heterocycles. The molecule has 0 heterocycles. The molecule has 0 aromatic heterocycles. The van der Waals surface area contributed by atoms with Crippen LogP contribution in [0.5, 0.6) is 0 Å². The predicted octanol–water partition coefficient (Wildman–Crippen LogP) is 2.01. The third-order valence-corrected chi connectivity index (χ3v) is 4.57. The van der Waals surface area contributed by atoms with Gasteiger partial charge in [0.05, 0.1) is 0 Å². The van der Waals surface area contributed by atoms with Crippen LogP contribution in [0.15, 0.2) is 0 Å². The smallest absolute Gasteiger partial charge is 0.412 e. The van der Waals surface area contributed by atoms with Gasteiger partial charge in [-0.05, 0) is 6.42 Å². The Hall–Kier alpha value is 0.0569. The molecule has 0 atom stereocenters. The predicted molar refractivity (Wildman–Crippen MR) is 64.0 cm³/mol. The van der Waals surface area contributed by atoms with Gasteiger partial charge in [-0.25, -0.2) is 0 Å². The van der Waals surface area contributed by atoms with Gasteiger partial charge in [-0.15, -0.1) is 0 Å². The van der Waals surface area contributed by atoms with Crippen molar-refractivity contribution in [2.24, 2.45) is 0 Å². The van der Waals surface area contributed by atoms with E-state index in [0.717, 1.165) is 13.0 Å². The number of unbranched alkanes of at least 4 members (excludes halogenated alkanes) is 4. The zero-order valence-corrected chi connectivity index (χ0v) is 11.5. The fourth-order valence-electron chi connectivity index (χ4n) is 1.16. The van der Waals surface area contributed by atoms with E-state index in [1.165, 1.54) is 25.7 Å². The van der Waals surface area contributed by atoms with E-state index in [-0.39, 0.29) is 5.48 Å². The second kappa shape index (κ2) is 10.6. The average molecular weight is 238 g/mol. The van der Waals surface area contributed by atoms with Crippen LogP contribution in [-0.2, 0) is 13.3 Å². The van der Waals surface area contributed by atoms with Crippen molar-refractivity contribution < 1.29 is 18.8 Å². The lowest BCUT2D eigenvalue weighted by Gasteiger charge is -2.21. The highest BCUT2D eigenvalue weighted by molar-refractivity contribution is 6.59. The van der Waals surface area contributed by atoms with Gasteiger partial charge in [0.25, 0.3) is 0 Å². The zero-order valence-electron chi connectivity index (χ0n) is 10.5. The minimum atomic E-state index is -2.27. The van der Waals surface area contributed by atoms with Crippen LogP contribution in [0, 0.1) is 0 Å². The Balaban J connectivity index is 0. The molecule has 2 N–H and O–H groups in total. The van der Waals surface area contributed by atoms with Gasteiger partial charge in [0, 0.05) is 27.4 Å². The molecule has 0 aromatic carbocycles. The fourth-order valence-corrected chi connectivity index (χ4v) is 2.08. The van der Waals surface area contributed by atoms with Gasteiger partial charge < -0.3 is 18.8 Å². The second-order valence-corrected chi connectivity index (χ2v) is 6.36. The lowest BCUT2D eigenvalue weighted by molar-refractivity contribution is 0.104. The van der Waals surface area contributed by atoms with Gasteiger partial charge >= 0.3 is 8.80 Å². The summed E-state index contributed by atoms with van der Waals surface area (Å²) in [6.07, 6.45) is 6.26. The van der Waals surface area contributed by atoms with Gasteiger partial charge in [0.15, 0.2) is 0 Å². The highest BCUT2D eigenvalue weighted by Gasteiger charge is 2.31. The summed E-state index contributed by atoms with van der Waals surface area (Å²) in [6.45, 7) is 4.89. The van der Waals surface area contributed by atoms with Crippen LogP contribution in [-0.4, -0.2) is 35.1 Å². The van der Waals surface area contributed by atoms with Gasteiger partial charge in [-0.1, -0.05) is 32.6 Å². The highest BCUT2D eigenvalue weighted by atomic mass is 28.4. The standard InChI is InChI=1S/C10H24O3Si.H2O/c1-5-6-7-8-9-10-13-14(4,11-2)12-3;/h5-10H2,1-4H3;1H2. The molecule has 0 bridgehead atoms. The lowest BCUT2D eigenvalue weighted by Crippen LogP contribution is -2.40. The fraction of sp³-hybridized carbons (Fsp3) is 1.00. The molecule has 0 aliphatic rings. The molecule has 0 aromatic rings. The average Bonchev–Trinajstić information content (AvgIpc) is 2.23. The minimum absolute atomic E-state index is 0. The molecular formula is C10H26O4Si. The van der Waals surface area contributed by atoms with Gasteiger partial charge in [-0.3, -0.25) is 0 Å². The van der Waals surface area contributed by atoms with E-state index in [0.29, 0.717) is 0 Å². The van der Waals surface area contributed by atoms with E-state index in [9.17, 15) is 0 Å². The molecule has 0 amide bonds. The SMILES string of the molecule is CCCCCCCO[Si](C)(OC)OC.O. The van der Waals surface area contributed by atoms with Gasteiger partial charge in [0.1, 0.15) is 0 Å². The molecule has 0 unspecified atom stereocenters. The Labute approximate surface area is 94.6 Å². The number of hydrogen-bond acceptors (Lipinski definition) is 3. The molecule has 0 radical (unpaired) electrons. The van der Waals surface area contributed by atoms with E-state index < -0.39 is 8.80 Å². The van der Waals surface area contributed by atoms with E-state index in [1.807, 2.05) is 6.55 Å². The first-order chi connectivity index (χ1) is 6.68. The molecule has 0 aliphatic carbocycles. The monoisotopic (exact) mass is 238 g/mol. The van der Waals surface area contributed by atoms with E-state index >= 15 is 0 Å². The van der Waals surface area contributed by atoms with Crippen LogP contribution < -0.4 is 0 Å². The van der Waals surface area contributed by atoms with Crippen LogP contribution in [0.1, 0.15) is 39.0 Å². The molecule has 5 heteroatoms. The van der Waals surface area contributed by atoms with Crippen molar-refractivity contribution in [3.63, 3.8) is 0 Å². The largest absolute Gasteiger partial charge is 0.497 e. The summed E-state index contributed by atoms with van der Waals surface area (Å²) in [7, 11) is 1.03. The lowest BCUT2D eigenvalue weighted by atomic mass is 10.2. The van der Waals surface area contributed by atoms with Crippen molar-refractivity contribution in [3.05, 3.63) is 0 Å². The van der Waals surface area contributed by atoms with E-state index in [2.05, 4.69) is 6.92 Å². The van der Waals surface area contributed by atoms with E-state index in [1.54, 1.807) is 14.2 Å². The molecule has 0 saturated carbocycles. The highest BCUT2D eigenvalue weighted by Crippen LogP contribution is 2.08. The van der Waals surface area contributed by atoms with Crippen molar-refractivity contribution in [3.8, 4) is 0 Å². The molecule has 0 rings (SSSR count). The maximum absolute atomic E-state index is 5.60. The molecule has 4 nitrogen and oxygen atoms in total. The number of hydrogen-bond donors (Lipinski definition) is 0. The van der Waals surface area contributed by atoms with Gasteiger partial charge in [0.2, 0.25) is 0 Å². The summed E-state index contributed by atoms with van der Waals surface area (Å²) >= 11 is 0. The summed E-state index contributed by atoms with van der Waals surface area (Å²) in [5, 5.41) is 0. The van der Waals surface area contributed by atoms with Crippen molar-refractivity contribution in [2.75, 3.05) is 20.8 Å². The van der Waals surface area contributed by atoms with Crippen LogP contribution in [0.3, 0.4) is 0 Å². The minimum Gasteiger partial charge on any atom is -0.412 e. The van der Waals surface area contributed by atoms with E-state index in [4.69, 9.17) is 13.3 Å². The molecule has 0 fully saturated rings. The Kier molecular flexibility index (Phi) is 12.3. The van der Waals surface area contributed by atoms with Crippen molar-refractivity contribution >= 4 is 8.80 Å². The topological polar surface area (TPSA) is 59.2 Å². The van der Waals surface area contributed by atoms with Crippen LogP contribution >= 0.6 is 0 Å². The number of rotatable bonds is 9. The Morgan fingerprint density at radius 1 is 0.933 bits per heavy atom. The summed E-state index contributed by atoms with van der Waals surface area (Å²) in [5.41, 5.74) is 0. The zero-order chi connectivity index (χ0) is 10.9. The Morgan fingerprint density at radius 3 is 1.93 bits per heavy atom.